The van der Waals surface area contributed by atoms with Gasteiger partial charge < -0.3 is 14.9 Å². The maximum Gasteiger partial charge on any atom is 0.335 e. The van der Waals surface area contributed by atoms with Crippen LogP contribution in [0.2, 0.25) is 0 Å². The normalized spacial score (nSPS) is 20.8. The van der Waals surface area contributed by atoms with E-state index in [1.807, 2.05) is 17.0 Å². The van der Waals surface area contributed by atoms with Gasteiger partial charge in [-0.15, -0.1) is 0 Å². The summed E-state index contributed by atoms with van der Waals surface area (Å²) < 4.78 is 0. The van der Waals surface area contributed by atoms with Gasteiger partial charge in [0.25, 0.3) is 0 Å². The molecule has 1 atom stereocenters. The molecular weight excluding hydrogens is 320 g/mol. The summed E-state index contributed by atoms with van der Waals surface area (Å²) in [6, 6.07) is 6.95. The first kappa shape index (κ1) is 17.5. The van der Waals surface area contributed by atoms with Crippen molar-refractivity contribution in [1.82, 2.24) is 9.80 Å². The quantitative estimate of drug-likeness (QED) is 0.887. The standard InChI is InChI=1S/C19H24N2O4/c22-17-4-2-10-20(17)12-9-18(23)21-11-1-3-16(13-21)14-5-7-15(8-6-14)19(24)25/h5-8,16H,1-4,9-13H2,(H,24,25)/t16-/m1/s1. The molecule has 3 rings (SSSR count). The Morgan fingerprint density at radius 1 is 1.12 bits per heavy atom. The van der Waals surface area contributed by atoms with Crippen LogP contribution in [0.25, 0.3) is 0 Å². The van der Waals surface area contributed by atoms with Crippen LogP contribution in [0.5, 0.6) is 0 Å². The Hall–Kier alpha value is -2.37. The second-order valence-corrected chi connectivity index (χ2v) is 6.84. The van der Waals surface area contributed by atoms with E-state index in [1.54, 1.807) is 17.0 Å². The second kappa shape index (κ2) is 7.68. The number of carboxylic acids is 1. The lowest BCUT2D eigenvalue weighted by Gasteiger charge is -2.33. The minimum Gasteiger partial charge on any atom is -0.478 e. The maximum atomic E-state index is 12.5. The summed E-state index contributed by atoms with van der Waals surface area (Å²) in [4.78, 5) is 38.8. The lowest BCUT2D eigenvalue weighted by Crippen LogP contribution is -2.40. The van der Waals surface area contributed by atoms with Crippen LogP contribution in [0.15, 0.2) is 24.3 Å². The molecule has 0 saturated carbocycles. The van der Waals surface area contributed by atoms with Gasteiger partial charge in [-0.25, -0.2) is 4.79 Å². The van der Waals surface area contributed by atoms with Crippen molar-refractivity contribution in [1.29, 1.82) is 0 Å². The third-order valence-electron chi connectivity index (χ3n) is 5.17. The predicted molar refractivity (Wildman–Crippen MR) is 92.4 cm³/mol. The number of piperidine rings is 1. The summed E-state index contributed by atoms with van der Waals surface area (Å²) in [5.74, 6) is -0.424. The summed E-state index contributed by atoms with van der Waals surface area (Å²) in [5.41, 5.74) is 1.36. The third-order valence-corrected chi connectivity index (χ3v) is 5.17. The van der Waals surface area contributed by atoms with Crippen molar-refractivity contribution in [2.45, 2.75) is 38.0 Å². The Balaban J connectivity index is 1.55. The van der Waals surface area contributed by atoms with Crippen LogP contribution in [0, 0.1) is 0 Å². The molecular formula is C19H24N2O4. The fourth-order valence-corrected chi connectivity index (χ4v) is 3.70. The molecule has 0 aliphatic carbocycles. The lowest BCUT2D eigenvalue weighted by atomic mass is 9.90. The molecule has 0 bridgehead atoms. The first-order valence-corrected chi connectivity index (χ1v) is 8.93. The largest absolute Gasteiger partial charge is 0.478 e. The summed E-state index contributed by atoms with van der Waals surface area (Å²) >= 11 is 0. The van der Waals surface area contributed by atoms with E-state index in [0.29, 0.717) is 25.9 Å². The maximum absolute atomic E-state index is 12.5. The number of carbonyl (C=O) groups excluding carboxylic acids is 2. The number of carboxylic acid groups (broad SMARTS) is 1. The topological polar surface area (TPSA) is 77.9 Å². The zero-order chi connectivity index (χ0) is 17.8. The van der Waals surface area contributed by atoms with Crippen molar-refractivity contribution in [3.8, 4) is 0 Å². The van der Waals surface area contributed by atoms with Crippen LogP contribution >= 0.6 is 0 Å². The van der Waals surface area contributed by atoms with Gasteiger partial charge in [0.2, 0.25) is 11.8 Å². The highest BCUT2D eigenvalue weighted by Gasteiger charge is 2.26. The fourth-order valence-electron chi connectivity index (χ4n) is 3.70. The second-order valence-electron chi connectivity index (χ2n) is 6.84. The van der Waals surface area contributed by atoms with Crippen molar-refractivity contribution in [2.24, 2.45) is 0 Å². The molecule has 2 fully saturated rings. The fraction of sp³-hybridized carbons (Fsp3) is 0.526. The van der Waals surface area contributed by atoms with Gasteiger partial charge in [0, 0.05) is 44.9 Å². The van der Waals surface area contributed by atoms with Gasteiger partial charge in [-0.2, -0.15) is 0 Å². The number of likely N-dealkylation sites (tertiary alicyclic amines) is 2. The van der Waals surface area contributed by atoms with Gasteiger partial charge in [0.1, 0.15) is 0 Å². The van der Waals surface area contributed by atoms with Crippen molar-refractivity contribution < 1.29 is 19.5 Å². The molecule has 25 heavy (non-hydrogen) atoms. The van der Waals surface area contributed by atoms with Crippen LogP contribution < -0.4 is 0 Å². The molecule has 2 aliphatic rings. The molecule has 2 saturated heterocycles. The molecule has 1 aromatic carbocycles. The monoisotopic (exact) mass is 344 g/mol. The number of hydrogen-bond donors (Lipinski definition) is 1. The number of amides is 2. The van der Waals surface area contributed by atoms with Gasteiger partial charge >= 0.3 is 5.97 Å². The van der Waals surface area contributed by atoms with Gasteiger partial charge in [-0.05, 0) is 37.0 Å². The predicted octanol–water partition coefficient (Wildman–Crippen LogP) is 2.10. The number of nitrogens with zero attached hydrogens (tertiary/aromatic N) is 2. The molecule has 6 heteroatoms. The van der Waals surface area contributed by atoms with E-state index in [-0.39, 0.29) is 23.3 Å². The van der Waals surface area contributed by atoms with Gasteiger partial charge in [0.05, 0.1) is 5.56 Å². The van der Waals surface area contributed by atoms with Crippen molar-refractivity contribution in [3.63, 3.8) is 0 Å². The first-order valence-electron chi connectivity index (χ1n) is 8.93. The van der Waals surface area contributed by atoms with Gasteiger partial charge in [0.15, 0.2) is 0 Å². The zero-order valence-corrected chi connectivity index (χ0v) is 14.3. The average molecular weight is 344 g/mol. The van der Waals surface area contributed by atoms with E-state index in [0.717, 1.165) is 37.9 Å². The van der Waals surface area contributed by atoms with Crippen LogP contribution in [0.4, 0.5) is 0 Å². The van der Waals surface area contributed by atoms with Crippen molar-refractivity contribution >= 4 is 17.8 Å². The molecule has 1 N–H and O–H groups in total. The van der Waals surface area contributed by atoms with Crippen molar-refractivity contribution in [3.05, 3.63) is 35.4 Å². The van der Waals surface area contributed by atoms with Crippen LogP contribution in [0.1, 0.15) is 53.9 Å². The Morgan fingerprint density at radius 2 is 1.88 bits per heavy atom. The SMILES string of the molecule is O=C(O)c1ccc([C@@H]2CCCN(C(=O)CCN3CCCC3=O)C2)cc1. The van der Waals surface area contributed by atoms with E-state index >= 15 is 0 Å². The lowest BCUT2D eigenvalue weighted by molar-refractivity contribution is -0.133. The highest BCUT2D eigenvalue weighted by molar-refractivity contribution is 5.87. The Bertz CT molecular complexity index is 656. The summed E-state index contributed by atoms with van der Waals surface area (Å²) in [6.45, 7) is 2.71. The Labute approximate surface area is 147 Å². The van der Waals surface area contributed by atoms with Crippen LogP contribution in [-0.2, 0) is 9.59 Å². The van der Waals surface area contributed by atoms with E-state index in [2.05, 4.69) is 0 Å². The number of carbonyl (C=O) groups is 3. The van der Waals surface area contributed by atoms with E-state index in [1.165, 1.54) is 0 Å². The van der Waals surface area contributed by atoms with Crippen LogP contribution in [0.3, 0.4) is 0 Å². The molecule has 2 amide bonds. The van der Waals surface area contributed by atoms with Crippen molar-refractivity contribution in [2.75, 3.05) is 26.2 Å². The summed E-state index contributed by atoms with van der Waals surface area (Å²) in [7, 11) is 0. The third kappa shape index (κ3) is 4.18. The molecule has 0 aromatic heterocycles. The zero-order valence-electron chi connectivity index (χ0n) is 14.3. The average Bonchev–Trinajstić information content (AvgIpc) is 3.05. The summed E-state index contributed by atoms with van der Waals surface area (Å²) in [6.07, 6.45) is 3.83. The summed E-state index contributed by atoms with van der Waals surface area (Å²) in [5, 5.41) is 8.99. The number of rotatable bonds is 5. The van der Waals surface area contributed by atoms with Crippen LogP contribution in [-0.4, -0.2) is 58.9 Å². The number of benzene rings is 1. The molecule has 0 unspecified atom stereocenters. The Kier molecular flexibility index (Phi) is 5.36. The van der Waals surface area contributed by atoms with E-state index in [4.69, 9.17) is 5.11 Å². The van der Waals surface area contributed by atoms with E-state index < -0.39 is 5.97 Å². The van der Waals surface area contributed by atoms with Gasteiger partial charge in [-0.3, -0.25) is 9.59 Å². The van der Waals surface area contributed by atoms with E-state index in [9.17, 15) is 14.4 Å². The number of aromatic carboxylic acids is 1. The highest BCUT2D eigenvalue weighted by Crippen LogP contribution is 2.27. The minimum absolute atomic E-state index is 0.103. The molecule has 1 aromatic rings. The smallest absolute Gasteiger partial charge is 0.335 e. The number of hydrogen-bond acceptors (Lipinski definition) is 3. The minimum atomic E-state index is -0.927. The molecule has 0 spiro atoms. The van der Waals surface area contributed by atoms with Gasteiger partial charge in [-0.1, -0.05) is 12.1 Å². The molecule has 134 valence electrons. The Morgan fingerprint density at radius 3 is 2.52 bits per heavy atom. The highest BCUT2D eigenvalue weighted by atomic mass is 16.4. The molecule has 6 nitrogen and oxygen atoms in total. The molecule has 2 aliphatic heterocycles. The first-order chi connectivity index (χ1) is 12.0. The molecule has 0 radical (unpaired) electrons. The molecule has 2 heterocycles.